The van der Waals surface area contributed by atoms with E-state index in [-0.39, 0.29) is 5.82 Å². The first-order valence-corrected chi connectivity index (χ1v) is 4.43. The molecule has 0 atom stereocenters. The van der Waals surface area contributed by atoms with Crippen molar-refractivity contribution in [1.82, 2.24) is 0 Å². The van der Waals surface area contributed by atoms with Crippen molar-refractivity contribution in [2.45, 2.75) is 0 Å². The third-order valence-corrected chi connectivity index (χ3v) is 1.96. The van der Waals surface area contributed by atoms with Crippen molar-refractivity contribution in [2.75, 3.05) is 5.33 Å². The molecule has 1 aromatic rings. The zero-order valence-electron chi connectivity index (χ0n) is 6.17. The van der Waals surface area contributed by atoms with Crippen LogP contribution in [0.15, 0.2) is 29.4 Å². The van der Waals surface area contributed by atoms with E-state index in [0.29, 0.717) is 16.6 Å². The molecule has 12 heavy (non-hydrogen) atoms. The second-order valence-corrected chi connectivity index (χ2v) is 2.75. The predicted octanol–water partition coefficient (Wildman–Crippen LogP) is 2.40. The van der Waals surface area contributed by atoms with Crippen LogP contribution in [0.3, 0.4) is 0 Å². The maximum Gasteiger partial charge on any atom is 0.123 e. The Morgan fingerprint density at radius 2 is 2.00 bits per heavy atom. The summed E-state index contributed by atoms with van der Waals surface area (Å²) in [6.07, 6.45) is 0. The van der Waals surface area contributed by atoms with E-state index in [2.05, 4.69) is 21.1 Å². The van der Waals surface area contributed by atoms with Crippen LogP contribution in [0.2, 0.25) is 0 Å². The molecular weight excluding hydrogens is 225 g/mol. The second-order valence-electron chi connectivity index (χ2n) is 2.19. The van der Waals surface area contributed by atoms with Gasteiger partial charge in [-0.15, -0.1) is 0 Å². The van der Waals surface area contributed by atoms with Crippen LogP contribution in [0.1, 0.15) is 5.56 Å². The van der Waals surface area contributed by atoms with Gasteiger partial charge in [-0.1, -0.05) is 33.2 Å². The topological polar surface area (TPSA) is 32.6 Å². The minimum absolute atomic E-state index is 0.300. The smallest absolute Gasteiger partial charge is 0.123 e. The minimum Gasteiger partial charge on any atom is -0.411 e. The predicted molar refractivity (Wildman–Crippen MR) is 48.5 cm³/mol. The van der Waals surface area contributed by atoms with Crippen molar-refractivity contribution in [2.24, 2.45) is 5.16 Å². The highest BCUT2D eigenvalue weighted by molar-refractivity contribution is 9.09. The summed E-state index contributed by atoms with van der Waals surface area (Å²) >= 11 is 3.15. The van der Waals surface area contributed by atoms with Crippen LogP contribution in [0.25, 0.3) is 0 Å². The first-order chi connectivity index (χ1) is 5.77. The van der Waals surface area contributed by atoms with Gasteiger partial charge in [-0.25, -0.2) is 4.39 Å². The highest BCUT2D eigenvalue weighted by Crippen LogP contribution is 2.05. The van der Waals surface area contributed by atoms with Crippen LogP contribution in [0.4, 0.5) is 4.39 Å². The van der Waals surface area contributed by atoms with Gasteiger partial charge >= 0.3 is 0 Å². The highest BCUT2D eigenvalue weighted by atomic mass is 79.9. The van der Waals surface area contributed by atoms with Crippen molar-refractivity contribution >= 4 is 21.6 Å². The molecule has 0 saturated heterocycles. The number of hydrogen-bond acceptors (Lipinski definition) is 2. The molecule has 1 rings (SSSR count). The van der Waals surface area contributed by atoms with E-state index in [1.165, 1.54) is 12.1 Å². The summed E-state index contributed by atoms with van der Waals surface area (Å²) in [4.78, 5) is 0. The molecule has 0 fully saturated rings. The first kappa shape index (κ1) is 9.19. The standard InChI is InChI=1S/C8H7BrFNO/c9-5-8(11-12)6-1-3-7(10)4-2-6/h1-4,12H,5H2/b11-8+. The number of alkyl halides is 1. The van der Waals surface area contributed by atoms with Crippen LogP contribution in [0.5, 0.6) is 0 Å². The van der Waals surface area contributed by atoms with Crippen LogP contribution in [-0.2, 0) is 0 Å². The Bertz CT molecular complexity index is 284. The number of hydrogen-bond donors (Lipinski definition) is 1. The lowest BCUT2D eigenvalue weighted by atomic mass is 10.1. The number of oxime groups is 1. The normalized spacial score (nSPS) is 11.7. The third-order valence-electron chi connectivity index (χ3n) is 1.42. The molecule has 0 aliphatic rings. The molecule has 0 radical (unpaired) electrons. The molecule has 4 heteroatoms. The summed E-state index contributed by atoms with van der Waals surface area (Å²) < 4.78 is 12.4. The van der Waals surface area contributed by atoms with Gasteiger partial charge in [-0.05, 0) is 12.1 Å². The fourth-order valence-corrected chi connectivity index (χ4v) is 1.24. The summed E-state index contributed by atoms with van der Waals surface area (Å²) in [5, 5.41) is 12.0. The van der Waals surface area contributed by atoms with Crippen molar-refractivity contribution in [3.05, 3.63) is 35.6 Å². The Morgan fingerprint density at radius 1 is 1.42 bits per heavy atom. The van der Waals surface area contributed by atoms with Gasteiger partial charge in [-0.2, -0.15) is 0 Å². The van der Waals surface area contributed by atoms with Gasteiger partial charge in [0.25, 0.3) is 0 Å². The molecule has 0 unspecified atom stereocenters. The lowest BCUT2D eigenvalue weighted by Crippen LogP contribution is -2.01. The van der Waals surface area contributed by atoms with E-state index < -0.39 is 0 Å². The summed E-state index contributed by atoms with van der Waals surface area (Å²) in [5.74, 6) is -0.300. The SMILES string of the molecule is O/N=C(\CBr)c1ccc(F)cc1. The van der Waals surface area contributed by atoms with Gasteiger partial charge in [0.05, 0.1) is 5.71 Å². The Morgan fingerprint density at radius 3 is 2.42 bits per heavy atom. The molecule has 1 aromatic carbocycles. The third kappa shape index (κ3) is 2.04. The van der Waals surface area contributed by atoms with Crippen LogP contribution in [0, 0.1) is 5.82 Å². The zero-order valence-corrected chi connectivity index (χ0v) is 7.75. The molecule has 0 bridgehead atoms. The maximum absolute atomic E-state index is 12.4. The van der Waals surface area contributed by atoms with Gasteiger partial charge in [0.1, 0.15) is 5.82 Å². The van der Waals surface area contributed by atoms with Gasteiger partial charge in [-0.3, -0.25) is 0 Å². The van der Waals surface area contributed by atoms with Crippen molar-refractivity contribution in [3.63, 3.8) is 0 Å². The van der Waals surface area contributed by atoms with E-state index >= 15 is 0 Å². The molecule has 2 nitrogen and oxygen atoms in total. The second kappa shape index (κ2) is 4.21. The summed E-state index contributed by atoms with van der Waals surface area (Å²) in [6.45, 7) is 0. The van der Waals surface area contributed by atoms with Crippen molar-refractivity contribution < 1.29 is 9.60 Å². The lowest BCUT2D eigenvalue weighted by Gasteiger charge is -1.98. The summed E-state index contributed by atoms with van der Waals surface area (Å²) in [6, 6.07) is 5.77. The van der Waals surface area contributed by atoms with E-state index in [0.717, 1.165) is 0 Å². The first-order valence-electron chi connectivity index (χ1n) is 3.30. The van der Waals surface area contributed by atoms with Gasteiger partial charge in [0, 0.05) is 10.9 Å². The molecule has 0 spiro atoms. The molecule has 1 N–H and O–H groups in total. The average molecular weight is 232 g/mol. The van der Waals surface area contributed by atoms with E-state index in [1.807, 2.05) is 0 Å². The van der Waals surface area contributed by atoms with Crippen LogP contribution < -0.4 is 0 Å². The number of halogens is 2. The highest BCUT2D eigenvalue weighted by Gasteiger charge is 2.01. The monoisotopic (exact) mass is 231 g/mol. The Hall–Kier alpha value is -0.900. The molecule has 0 heterocycles. The number of benzene rings is 1. The fraction of sp³-hybridized carbons (Fsp3) is 0.125. The lowest BCUT2D eigenvalue weighted by molar-refractivity contribution is 0.319. The van der Waals surface area contributed by atoms with Crippen LogP contribution in [-0.4, -0.2) is 16.2 Å². The molecule has 0 aliphatic carbocycles. The van der Waals surface area contributed by atoms with Gasteiger partial charge in [0.15, 0.2) is 0 Å². The molecule has 0 aromatic heterocycles. The quantitative estimate of drug-likeness (QED) is 0.361. The fourth-order valence-electron chi connectivity index (χ4n) is 0.804. The van der Waals surface area contributed by atoms with E-state index in [1.54, 1.807) is 12.1 Å². The average Bonchev–Trinajstić information content (AvgIpc) is 2.10. The molecule has 0 aliphatic heterocycles. The number of nitrogens with zero attached hydrogens (tertiary/aromatic N) is 1. The summed E-state index contributed by atoms with van der Waals surface area (Å²) in [7, 11) is 0. The Balaban J connectivity index is 2.96. The maximum atomic E-state index is 12.4. The Kier molecular flexibility index (Phi) is 3.22. The number of rotatable bonds is 2. The molecule has 0 saturated carbocycles. The van der Waals surface area contributed by atoms with Gasteiger partial charge < -0.3 is 5.21 Å². The molecule has 0 amide bonds. The van der Waals surface area contributed by atoms with Crippen molar-refractivity contribution in [3.8, 4) is 0 Å². The zero-order chi connectivity index (χ0) is 8.97. The largest absolute Gasteiger partial charge is 0.411 e. The molecular formula is C8H7BrFNO. The van der Waals surface area contributed by atoms with Gasteiger partial charge in [0.2, 0.25) is 0 Å². The Labute approximate surface area is 77.8 Å². The van der Waals surface area contributed by atoms with Crippen LogP contribution >= 0.6 is 15.9 Å². The van der Waals surface area contributed by atoms with E-state index in [9.17, 15) is 4.39 Å². The molecule has 64 valence electrons. The van der Waals surface area contributed by atoms with Crippen molar-refractivity contribution in [1.29, 1.82) is 0 Å². The minimum atomic E-state index is -0.300. The summed E-state index contributed by atoms with van der Waals surface area (Å²) in [5.41, 5.74) is 1.19. The van der Waals surface area contributed by atoms with E-state index in [4.69, 9.17) is 5.21 Å².